The molecule has 1 aromatic heterocycles. The average Bonchev–Trinajstić information content (AvgIpc) is 2.33. The molecule has 2 nitrogen and oxygen atoms in total. The van der Waals surface area contributed by atoms with Crippen molar-refractivity contribution in [2.45, 2.75) is 6.92 Å². The normalized spacial score (nSPS) is 10.2. The molecule has 0 bridgehead atoms. The molecule has 0 radical (unpaired) electrons. The monoisotopic (exact) mass is 233 g/mol. The van der Waals surface area contributed by atoms with E-state index in [4.69, 9.17) is 16.3 Å². The van der Waals surface area contributed by atoms with Crippen LogP contribution < -0.4 is 4.74 Å². The van der Waals surface area contributed by atoms with E-state index in [0.29, 0.717) is 11.0 Å². The lowest BCUT2D eigenvalue weighted by Gasteiger charge is -2.09. The summed E-state index contributed by atoms with van der Waals surface area (Å²) in [5.74, 6) is 0.557. The molecule has 0 N–H and O–H groups in total. The molecule has 0 amide bonds. The van der Waals surface area contributed by atoms with Gasteiger partial charge >= 0.3 is 0 Å². The van der Waals surface area contributed by atoms with Crippen molar-refractivity contribution < 1.29 is 4.74 Å². The van der Waals surface area contributed by atoms with E-state index >= 15 is 0 Å². The third-order valence-corrected chi connectivity index (χ3v) is 2.78. The van der Waals surface area contributed by atoms with Crippen molar-refractivity contribution in [1.82, 2.24) is 4.98 Å². The molecule has 1 aromatic carbocycles. The zero-order valence-electron chi connectivity index (χ0n) is 9.20. The summed E-state index contributed by atoms with van der Waals surface area (Å²) >= 11 is 5.96. The van der Waals surface area contributed by atoms with Crippen LogP contribution in [0.25, 0.3) is 11.1 Å². The second-order valence-electron chi connectivity index (χ2n) is 3.52. The Morgan fingerprint density at radius 2 is 1.88 bits per heavy atom. The van der Waals surface area contributed by atoms with Gasteiger partial charge in [0.15, 0.2) is 0 Å². The Labute approximate surface area is 99.9 Å². The molecule has 0 atom stereocenters. The summed E-state index contributed by atoms with van der Waals surface area (Å²) in [6, 6.07) is 12.0. The lowest BCUT2D eigenvalue weighted by atomic mass is 10.1. The van der Waals surface area contributed by atoms with Crippen molar-refractivity contribution in [1.29, 1.82) is 0 Å². The molecule has 0 saturated carbocycles. The fourth-order valence-corrected chi connectivity index (χ4v) is 1.69. The third kappa shape index (κ3) is 2.02. The van der Waals surface area contributed by atoms with Crippen molar-refractivity contribution in [2.24, 2.45) is 0 Å². The molecule has 3 heteroatoms. The molecule has 0 unspecified atom stereocenters. The van der Waals surface area contributed by atoms with Crippen LogP contribution in [0.15, 0.2) is 36.4 Å². The Hall–Kier alpha value is -1.54. The van der Waals surface area contributed by atoms with Gasteiger partial charge < -0.3 is 4.74 Å². The number of hydrogen-bond donors (Lipinski definition) is 0. The van der Waals surface area contributed by atoms with Crippen molar-refractivity contribution in [2.75, 3.05) is 7.11 Å². The Morgan fingerprint density at radius 1 is 1.19 bits per heavy atom. The van der Waals surface area contributed by atoms with Gasteiger partial charge in [-0.15, -0.1) is 0 Å². The third-order valence-electron chi connectivity index (χ3n) is 2.39. The molecule has 1 heterocycles. The molecule has 0 saturated heterocycles. The number of pyridine rings is 1. The van der Waals surface area contributed by atoms with Gasteiger partial charge in [-0.1, -0.05) is 41.9 Å². The highest BCUT2D eigenvalue weighted by Gasteiger charge is 2.09. The molecule has 2 rings (SSSR count). The van der Waals surface area contributed by atoms with Crippen molar-refractivity contribution in [3.05, 3.63) is 47.1 Å². The van der Waals surface area contributed by atoms with E-state index in [2.05, 4.69) is 4.98 Å². The Morgan fingerprint density at radius 3 is 2.50 bits per heavy atom. The first-order valence-corrected chi connectivity index (χ1v) is 5.36. The minimum absolute atomic E-state index is 0.483. The van der Waals surface area contributed by atoms with Gasteiger partial charge in [0.2, 0.25) is 5.88 Å². The average molecular weight is 234 g/mol. The Kier molecular flexibility index (Phi) is 3.11. The number of methoxy groups -OCH3 is 1. The van der Waals surface area contributed by atoms with Crippen LogP contribution in [0.2, 0.25) is 5.15 Å². The van der Waals surface area contributed by atoms with Crippen LogP contribution in [-0.4, -0.2) is 12.1 Å². The largest absolute Gasteiger partial charge is 0.481 e. The van der Waals surface area contributed by atoms with Crippen LogP contribution in [0.5, 0.6) is 5.88 Å². The van der Waals surface area contributed by atoms with Gasteiger partial charge in [-0.2, -0.15) is 0 Å². The second kappa shape index (κ2) is 4.54. The molecule has 0 spiro atoms. The van der Waals surface area contributed by atoms with E-state index in [1.807, 2.05) is 43.3 Å². The van der Waals surface area contributed by atoms with Crippen LogP contribution >= 0.6 is 11.6 Å². The van der Waals surface area contributed by atoms with Gasteiger partial charge in [0.25, 0.3) is 0 Å². The minimum Gasteiger partial charge on any atom is -0.481 e. The number of aromatic nitrogens is 1. The fourth-order valence-electron chi connectivity index (χ4n) is 1.56. The van der Waals surface area contributed by atoms with Gasteiger partial charge in [-0.25, -0.2) is 4.98 Å². The first kappa shape index (κ1) is 11.0. The van der Waals surface area contributed by atoms with E-state index in [1.54, 1.807) is 7.11 Å². The van der Waals surface area contributed by atoms with Crippen molar-refractivity contribution in [3.8, 4) is 17.0 Å². The van der Waals surface area contributed by atoms with Gasteiger partial charge in [-0.05, 0) is 24.1 Å². The lowest BCUT2D eigenvalue weighted by Crippen LogP contribution is -1.94. The smallest absolute Gasteiger partial charge is 0.222 e. The summed E-state index contributed by atoms with van der Waals surface area (Å²) in [5.41, 5.74) is 2.98. The predicted octanol–water partition coefficient (Wildman–Crippen LogP) is 3.72. The number of aryl methyl sites for hydroxylation is 1. The summed E-state index contributed by atoms with van der Waals surface area (Å²) in [7, 11) is 1.60. The molecule has 16 heavy (non-hydrogen) atoms. The number of ether oxygens (including phenoxy) is 1. The van der Waals surface area contributed by atoms with E-state index in [-0.39, 0.29) is 0 Å². The predicted molar refractivity (Wildman–Crippen MR) is 66.0 cm³/mol. The SMILES string of the molecule is COc1nc(Cl)c(C)cc1-c1ccccc1. The highest BCUT2D eigenvalue weighted by Crippen LogP contribution is 2.31. The lowest BCUT2D eigenvalue weighted by molar-refractivity contribution is 0.399. The highest BCUT2D eigenvalue weighted by molar-refractivity contribution is 6.30. The van der Waals surface area contributed by atoms with Gasteiger partial charge in [-0.3, -0.25) is 0 Å². The fraction of sp³-hybridized carbons (Fsp3) is 0.154. The Bertz CT molecular complexity index is 497. The second-order valence-corrected chi connectivity index (χ2v) is 3.88. The van der Waals surface area contributed by atoms with E-state index in [1.165, 1.54) is 0 Å². The van der Waals surface area contributed by atoms with E-state index in [9.17, 15) is 0 Å². The highest BCUT2D eigenvalue weighted by atomic mass is 35.5. The van der Waals surface area contributed by atoms with Crippen LogP contribution in [0.3, 0.4) is 0 Å². The molecular weight excluding hydrogens is 222 g/mol. The van der Waals surface area contributed by atoms with Crippen LogP contribution in [0, 0.1) is 6.92 Å². The molecule has 82 valence electrons. The van der Waals surface area contributed by atoms with Crippen LogP contribution in [0.4, 0.5) is 0 Å². The van der Waals surface area contributed by atoms with Crippen molar-refractivity contribution >= 4 is 11.6 Å². The van der Waals surface area contributed by atoms with Gasteiger partial charge in [0, 0.05) is 5.56 Å². The molecule has 0 fully saturated rings. The molecular formula is C13H12ClNO. The first-order valence-electron chi connectivity index (χ1n) is 4.99. The van der Waals surface area contributed by atoms with Gasteiger partial charge in [0.1, 0.15) is 5.15 Å². The summed E-state index contributed by atoms with van der Waals surface area (Å²) in [6.45, 7) is 1.93. The quantitative estimate of drug-likeness (QED) is 0.738. The molecule has 0 aliphatic rings. The number of nitrogens with zero attached hydrogens (tertiary/aromatic N) is 1. The summed E-state index contributed by atoms with van der Waals surface area (Å²) in [6.07, 6.45) is 0. The molecule has 2 aromatic rings. The van der Waals surface area contributed by atoms with Gasteiger partial charge in [0.05, 0.1) is 7.11 Å². The number of benzene rings is 1. The zero-order valence-corrected chi connectivity index (χ0v) is 9.95. The number of hydrogen-bond acceptors (Lipinski definition) is 2. The van der Waals surface area contributed by atoms with Crippen LogP contribution in [0.1, 0.15) is 5.56 Å². The van der Waals surface area contributed by atoms with E-state index < -0.39 is 0 Å². The number of halogens is 1. The maximum atomic E-state index is 5.96. The topological polar surface area (TPSA) is 22.1 Å². The van der Waals surface area contributed by atoms with Crippen LogP contribution in [-0.2, 0) is 0 Å². The molecule has 0 aliphatic heterocycles. The summed E-state index contributed by atoms with van der Waals surface area (Å²) in [4.78, 5) is 4.21. The minimum atomic E-state index is 0.483. The maximum Gasteiger partial charge on any atom is 0.222 e. The van der Waals surface area contributed by atoms with Crippen molar-refractivity contribution in [3.63, 3.8) is 0 Å². The first-order chi connectivity index (χ1) is 7.72. The standard InChI is InChI=1S/C13H12ClNO/c1-9-8-11(10-6-4-3-5-7-10)13(16-2)15-12(9)14/h3-8H,1-2H3. The molecule has 0 aliphatic carbocycles. The Balaban J connectivity index is 2.60. The van der Waals surface area contributed by atoms with E-state index in [0.717, 1.165) is 16.7 Å². The number of rotatable bonds is 2. The zero-order chi connectivity index (χ0) is 11.5. The summed E-state index contributed by atoms with van der Waals surface area (Å²) < 4.78 is 5.24. The maximum absolute atomic E-state index is 5.96. The summed E-state index contributed by atoms with van der Waals surface area (Å²) in [5, 5.41) is 0.483.